The lowest BCUT2D eigenvalue weighted by atomic mass is 10.2. The van der Waals surface area contributed by atoms with Crippen LogP contribution >= 0.6 is 50.5 Å². The summed E-state index contributed by atoms with van der Waals surface area (Å²) < 4.78 is 1.64. The van der Waals surface area contributed by atoms with Crippen molar-refractivity contribution in [3.05, 3.63) is 48.5 Å². The number of hydrogen-bond donors (Lipinski definition) is 1. The molecule has 18 heavy (non-hydrogen) atoms. The summed E-state index contributed by atoms with van der Waals surface area (Å²) in [6.07, 6.45) is 0. The van der Waals surface area contributed by atoms with Gasteiger partial charge >= 0.3 is 0 Å². The molecule has 0 bridgehead atoms. The fourth-order valence-corrected chi connectivity index (χ4v) is 3.28. The molecule has 0 atom stereocenters. The molecule has 0 saturated carbocycles. The van der Waals surface area contributed by atoms with Gasteiger partial charge in [0.15, 0.2) is 0 Å². The standard InChI is InChI=1S/C12H7BrCl2N2S/c13-10-4-9(18-12(10)15)6-17-8-1-2-11(14)7(3-8)5-16/h1-4,17H,6H2. The van der Waals surface area contributed by atoms with Crippen LogP contribution in [0.1, 0.15) is 10.4 Å². The van der Waals surface area contributed by atoms with Crippen LogP contribution in [-0.2, 0) is 6.54 Å². The minimum Gasteiger partial charge on any atom is -0.380 e. The number of anilines is 1. The molecule has 0 saturated heterocycles. The molecule has 2 rings (SSSR count). The predicted molar refractivity (Wildman–Crippen MR) is 80.5 cm³/mol. The zero-order valence-electron chi connectivity index (χ0n) is 9.01. The number of nitriles is 1. The zero-order chi connectivity index (χ0) is 13.1. The van der Waals surface area contributed by atoms with Crippen LogP contribution < -0.4 is 5.32 Å². The molecule has 0 unspecified atom stereocenters. The SMILES string of the molecule is N#Cc1cc(NCc2cc(Br)c(Cl)s2)ccc1Cl. The first kappa shape index (κ1) is 13.7. The van der Waals surface area contributed by atoms with Crippen LogP contribution in [-0.4, -0.2) is 0 Å². The first-order chi connectivity index (χ1) is 8.60. The van der Waals surface area contributed by atoms with E-state index in [2.05, 4.69) is 21.2 Å². The van der Waals surface area contributed by atoms with Gasteiger partial charge in [0.2, 0.25) is 0 Å². The molecule has 0 amide bonds. The van der Waals surface area contributed by atoms with Gasteiger partial charge in [0, 0.05) is 21.6 Å². The van der Waals surface area contributed by atoms with E-state index in [0.29, 0.717) is 17.1 Å². The van der Waals surface area contributed by atoms with E-state index in [0.717, 1.165) is 19.4 Å². The van der Waals surface area contributed by atoms with E-state index in [1.54, 1.807) is 12.1 Å². The van der Waals surface area contributed by atoms with Crippen molar-refractivity contribution < 1.29 is 0 Å². The van der Waals surface area contributed by atoms with Crippen molar-refractivity contribution in [3.8, 4) is 6.07 Å². The molecule has 0 fully saturated rings. The molecule has 2 nitrogen and oxygen atoms in total. The largest absolute Gasteiger partial charge is 0.380 e. The van der Waals surface area contributed by atoms with Crippen molar-refractivity contribution in [2.24, 2.45) is 0 Å². The molecule has 1 aromatic carbocycles. The third-order valence-corrected chi connectivity index (χ3v) is 5.05. The van der Waals surface area contributed by atoms with Crippen molar-refractivity contribution in [1.82, 2.24) is 0 Å². The lowest BCUT2D eigenvalue weighted by Crippen LogP contribution is -1.97. The number of thiophene rings is 1. The van der Waals surface area contributed by atoms with Gasteiger partial charge in [0.05, 0.1) is 10.6 Å². The third kappa shape index (κ3) is 3.18. The maximum Gasteiger partial charge on any atom is 0.107 e. The van der Waals surface area contributed by atoms with Crippen LogP contribution in [0.5, 0.6) is 0 Å². The lowest BCUT2D eigenvalue weighted by molar-refractivity contribution is 1.19. The van der Waals surface area contributed by atoms with Gasteiger partial charge in [-0.1, -0.05) is 23.2 Å². The Hall–Kier alpha value is -0.730. The summed E-state index contributed by atoms with van der Waals surface area (Å²) in [6.45, 7) is 0.655. The van der Waals surface area contributed by atoms with Crippen molar-refractivity contribution in [2.75, 3.05) is 5.32 Å². The summed E-state index contributed by atoms with van der Waals surface area (Å²) in [5, 5.41) is 12.6. The Morgan fingerprint density at radius 2 is 2.11 bits per heavy atom. The van der Waals surface area contributed by atoms with Crippen LogP contribution in [0, 0.1) is 11.3 Å². The van der Waals surface area contributed by atoms with Gasteiger partial charge in [-0.15, -0.1) is 11.3 Å². The minimum absolute atomic E-state index is 0.463. The second-order valence-electron chi connectivity index (χ2n) is 3.49. The normalized spacial score (nSPS) is 10.1. The fourth-order valence-electron chi connectivity index (χ4n) is 1.39. The van der Waals surface area contributed by atoms with E-state index >= 15 is 0 Å². The second-order valence-corrected chi connectivity index (χ2v) is 6.49. The molecule has 0 aliphatic carbocycles. The summed E-state index contributed by atoms with van der Waals surface area (Å²) >= 11 is 16.7. The van der Waals surface area contributed by atoms with Crippen LogP contribution in [0.2, 0.25) is 9.36 Å². The van der Waals surface area contributed by atoms with Crippen LogP contribution in [0.3, 0.4) is 0 Å². The molecule has 0 aliphatic heterocycles. The Morgan fingerprint density at radius 3 is 2.72 bits per heavy atom. The zero-order valence-corrected chi connectivity index (χ0v) is 12.9. The van der Waals surface area contributed by atoms with Crippen molar-refractivity contribution in [3.63, 3.8) is 0 Å². The second kappa shape index (κ2) is 5.94. The number of rotatable bonds is 3. The van der Waals surface area contributed by atoms with E-state index in [9.17, 15) is 0 Å². The Balaban J connectivity index is 2.09. The molecule has 0 radical (unpaired) electrons. The van der Waals surface area contributed by atoms with Gasteiger partial charge in [-0.3, -0.25) is 0 Å². The molecule has 92 valence electrons. The number of nitrogens with one attached hydrogen (secondary N) is 1. The number of halogens is 3. The minimum atomic E-state index is 0.463. The van der Waals surface area contributed by atoms with E-state index < -0.39 is 0 Å². The molecule has 0 spiro atoms. The average Bonchev–Trinajstić information content (AvgIpc) is 2.68. The molecule has 2 aromatic rings. The summed E-state index contributed by atoms with van der Waals surface area (Å²) in [5.74, 6) is 0. The first-order valence-corrected chi connectivity index (χ1v) is 7.34. The molecule has 1 N–H and O–H groups in total. The van der Waals surface area contributed by atoms with Crippen molar-refractivity contribution in [1.29, 1.82) is 5.26 Å². The van der Waals surface area contributed by atoms with Crippen LogP contribution in [0.25, 0.3) is 0 Å². The van der Waals surface area contributed by atoms with Gasteiger partial charge in [0.25, 0.3) is 0 Å². The fraction of sp³-hybridized carbons (Fsp3) is 0.0833. The van der Waals surface area contributed by atoms with E-state index in [4.69, 9.17) is 28.5 Å². The van der Waals surface area contributed by atoms with Gasteiger partial charge in [0.1, 0.15) is 10.4 Å². The highest BCUT2D eigenvalue weighted by molar-refractivity contribution is 9.10. The Morgan fingerprint density at radius 1 is 1.33 bits per heavy atom. The average molecular weight is 362 g/mol. The molecule has 0 aliphatic rings. The number of benzene rings is 1. The van der Waals surface area contributed by atoms with Gasteiger partial charge in [-0.2, -0.15) is 5.26 Å². The highest BCUT2D eigenvalue weighted by atomic mass is 79.9. The summed E-state index contributed by atoms with van der Waals surface area (Å²) in [4.78, 5) is 1.11. The highest BCUT2D eigenvalue weighted by Gasteiger charge is 2.05. The van der Waals surface area contributed by atoms with Gasteiger partial charge < -0.3 is 5.32 Å². The predicted octanol–water partition coefficient (Wildman–Crippen LogP) is 5.30. The van der Waals surface area contributed by atoms with Crippen molar-refractivity contribution >= 4 is 56.2 Å². The van der Waals surface area contributed by atoms with E-state index in [1.165, 1.54) is 11.3 Å². The monoisotopic (exact) mass is 360 g/mol. The van der Waals surface area contributed by atoms with Gasteiger partial charge in [-0.25, -0.2) is 0 Å². The number of nitrogens with zero attached hydrogens (tertiary/aromatic N) is 1. The van der Waals surface area contributed by atoms with E-state index in [1.807, 2.05) is 18.2 Å². The molecular weight excluding hydrogens is 355 g/mol. The summed E-state index contributed by atoms with van der Waals surface area (Å²) in [5.41, 5.74) is 1.32. The summed E-state index contributed by atoms with van der Waals surface area (Å²) in [6, 6.07) is 9.30. The maximum atomic E-state index is 8.88. The Labute approximate surface area is 127 Å². The quantitative estimate of drug-likeness (QED) is 0.804. The molecule has 1 aromatic heterocycles. The topological polar surface area (TPSA) is 35.8 Å². The maximum absolute atomic E-state index is 8.88. The summed E-state index contributed by atoms with van der Waals surface area (Å²) in [7, 11) is 0. The lowest BCUT2D eigenvalue weighted by Gasteiger charge is -2.05. The Bertz CT molecular complexity index is 600. The van der Waals surface area contributed by atoms with Crippen LogP contribution in [0.15, 0.2) is 28.7 Å². The number of hydrogen-bond acceptors (Lipinski definition) is 3. The van der Waals surface area contributed by atoms with Crippen LogP contribution in [0.4, 0.5) is 5.69 Å². The smallest absolute Gasteiger partial charge is 0.107 e. The highest BCUT2D eigenvalue weighted by Crippen LogP contribution is 2.32. The first-order valence-electron chi connectivity index (χ1n) is 4.97. The van der Waals surface area contributed by atoms with E-state index in [-0.39, 0.29) is 0 Å². The Kier molecular flexibility index (Phi) is 4.52. The van der Waals surface area contributed by atoms with Crippen molar-refractivity contribution in [2.45, 2.75) is 6.54 Å². The van der Waals surface area contributed by atoms with Gasteiger partial charge in [-0.05, 0) is 40.2 Å². The third-order valence-electron chi connectivity index (χ3n) is 2.25. The molecule has 6 heteroatoms. The molecule has 1 heterocycles. The molecular formula is C12H7BrCl2N2S.